The van der Waals surface area contributed by atoms with Crippen molar-refractivity contribution in [3.05, 3.63) is 82.2 Å². The van der Waals surface area contributed by atoms with E-state index in [1.165, 1.54) is 0 Å². The van der Waals surface area contributed by atoms with E-state index in [-0.39, 0.29) is 5.91 Å². The molecule has 6 heteroatoms. The van der Waals surface area contributed by atoms with Crippen LogP contribution in [0.5, 0.6) is 0 Å². The maximum absolute atomic E-state index is 12.3. The molecule has 0 saturated heterocycles. The number of aromatic nitrogens is 2. The molecule has 3 aromatic rings. The lowest BCUT2D eigenvalue weighted by Gasteiger charge is -2.08. The summed E-state index contributed by atoms with van der Waals surface area (Å²) in [4.78, 5) is 20.6. The summed E-state index contributed by atoms with van der Waals surface area (Å²) >= 11 is 3.46. The second-order valence-corrected chi connectivity index (χ2v) is 6.41. The van der Waals surface area contributed by atoms with Crippen molar-refractivity contribution in [3.63, 3.8) is 0 Å². The van der Waals surface area contributed by atoms with Gasteiger partial charge in [0, 0.05) is 35.3 Å². The number of nitrogens with zero attached hydrogens (tertiary/aromatic N) is 2. The second-order valence-electron chi connectivity index (χ2n) is 5.56. The minimum absolute atomic E-state index is 0.191. The fraction of sp³-hybridized carbons (Fsp3) is 0.105. The van der Waals surface area contributed by atoms with E-state index in [4.69, 9.17) is 0 Å². The average Bonchev–Trinajstić information content (AvgIpc) is 2.64. The van der Waals surface area contributed by atoms with E-state index in [1.54, 1.807) is 30.7 Å². The van der Waals surface area contributed by atoms with Crippen LogP contribution in [0, 0.1) is 6.92 Å². The van der Waals surface area contributed by atoms with Gasteiger partial charge in [0.1, 0.15) is 5.82 Å². The highest BCUT2D eigenvalue weighted by Crippen LogP contribution is 2.21. The van der Waals surface area contributed by atoms with Gasteiger partial charge >= 0.3 is 0 Å². The number of hydrogen-bond donors (Lipinski definition) is 2. The molecule has 2 aromatic heterocycles. The Labute approximate surface area is 154 Å². The molecule has 126 valence electrons. The normalized spacial score (nSPS) is 10.3. The molecule has 0 aliphatic carbocycles. The number of aryl methyl sites for hydroxylation is 1. The molecule has 0 bridgehead atoms. The van der Waals surface area contributed by atoms with E-state index in [9.17, 15) is 4.79 Å². The van der Waals surface area contributed by atoms with Gasteiger partial charge in [-0.05, 0) is 54.4 Å². The van der Waals surface area contributed by atoms with Crippen LogP contribution < -0.4 is 10.6 Å². The number of pyridine rings is 2. The smallest absolute Gasteiger partial charge is 0.257 e. The number of amides is 1. The van der Waals surface area contributed by atoms with E-state index in [1.807, 2.05) is 37.3 Å². The van der Waals surface area contributed by atoms with Crippen molar-refractivity contribution < 1.29 is 4.79 Å². The summed E-state index contributed by atoms with van der Waals surface area (Å²) in [7, 11) is 0. The predicted molar refractivity (Wildman–Crippen MR) is 103 cm³/mol. The van der Waals surface area contributed by atoms with E-state index in [0.717, 1.165) is 21.3 Å². The molecule has 1 aromatic carbocycles. The van der Waals surface area contributed by atoms with Crippen molar-refractivity contribution in [1.29, 1.82) is 0 Å². The van der Waals surface area contributed by atoms with Crippen molar-refractivity contribution >= 4 is 33.3 Å². The summed E-state index contributed by atoms with van der Waals surface area (Å²) in [6.45, 7) is 2.65. The summed E-state index contributed by atoms with van der Waals surface area (Å²) in [5, 5.41) is 6.08. The molecule has 0 unspecified atom stereocenters. The van der Waals surface area contributed by atoms with Gasteiger partial charge in [-0.15, -0.1) is 0 Å². The molecule has 2 N–H and O–H groups in total. The highest BCUT2D eigenvalue weighted by Gasteiger charge is 2.08. The van der Waals surface area contributed by atoms with E-state index >= 15 is 0 Å². The molecule has 0 saturated carbocycles. The Balaban J connectivity index is 1.61. The van der Waals surface area contributed by atoms with Crippen LogP contribution >= 0.6 is 15.9 Å². The lowest BCUT2D eigenvalue weighted by atomic mass is 10.2. The Morgan fingerprint density at radius 3 is 2.60 bits per heavy atom. The molecule has 0 spiro atoms. The van der Waals surface area contributed by atoms with Gasteiger partial charge in [0.05, 0.1) is 5.56 Å². The Bertz CT molecular complexity index is 866. The number of carbonyl (C=O) groups is 1. The first kappa shape index (κ1) is 17.1. The fourth-order valence-electron chi connectivity index (χ4n) is 2.20. The molecule has 3 rings (SSSR count). The first-order valence-electron chi connectivity index (χ1n) is 7.78. The van der Waals surface area contributed by atoms with Gasteiger partial charge in [-0.25, -0.2) is 4.98 Å². The minimum Gasteiger partial charge on any atom is -0.366 e. The molecule has 0 atom stereocenters. The van der Waals surface area contributed by atoms with Gasteiger partial charge in [-0.3, -0.25) is 9.78 Å². The number of halogens is 1. The molecule has 0 aliphatic rings. The van der Waals surface area contributed by atoms with Gasteiger partial charge in [-0.1, -0.05) is 22.0 Å². The molecule has 5 nitrogen and oxygen atoms in total. The number of rotatable bonds is 5. The predicted octanol–water partition coefficient (Wildman–Crippen LogP) is 4.41. The largest absolute Gasteiger partial charge is 0.366 e. The van der Waals surface area contributed by atoms with Crippen LogP contribution in [0.1, 0.15) is 21.5 Å². The van der Waals surface area contributed by atoms with Crippen LogP contribution in [0.2, 0.25) is 0 Å². The lowest BCUT2D eigenvalue weighted by molar-refractivity contribution is 0.102. The molecule has 0 fully saturated rings. The summed E-state index contributed by atoms with van der Waals surface area (Å²) in [5.74, 6) is 0.523. The monoisotopic (exact) mass is 396 g/mol. The number of nitrogens with one attached hydrogen (secondary N) is 2. The summed E-state index contributed by atoms with van der Waals surface area (Å²) < 4.78 is 0.957. The number of benzene rings is 1. The zero-order chi connectivity index (χ0) is 17.6. The Kier molecular flexibility index (Phi) is 5.40. The maximum atomic E-state index is 12.3. The fourth-order valence-corrected chi connectivity index (χ4v) is 2.58. The molecule has 25 heavy (non-hydrogen) atoms. The minimum atomic E-state index is -0.191. The SMILES string of the molecule is Cc1ccc(NC(=O)c2ccc(NCc3ccncc3)nc2)cc1Br. The first-order valence-corrected chi connectivity index (χ1v) is 8.57. The van der Waals surface area contributed by atoms with Crippen molar-refractivity contribution in [3.8, 4) is 0 Å². The standard InChI is InChI=1S/C19H17BrN4O/c1-13-2-4-16(10-17(13)20)24-19(25)15-3-5-18(23-12-15)22-11-14-6-8-21-9-7-14/h2-10,12H,11H2,1H3,(H,22,23)(H,24,25). The van der Waals surface area contributed by atoms with Crippen LogP contribution in [0.15, 0.2) is 65.5 Å². The number of hydrogen-bond acceptors (Lipinski definition) is 4. The van der Waals surface area contributed by atoms with Crippen LogP contribution in [0.25, 0.3) is 0 Å². The van der Waals surface area contributed by atoms with E-state index in [2.05, 4.69) is 36.5 Å². The lowest BCUT2D eigenvalue weighted by Crippen LogP contribution is -2.12. The summed E-state index contributed by atoms with van der Waals surface area (Å²) in [6, 6.07) is 13.1. The molecule has 1 amide bonds. The third kappa shape index (κ3) is 4.64. The maximum Gasteiger partial charge on any atom is 0.257 e. The van der Waals surface area contributed by atoms with Crippen LogP contribution in [-0.2, 0) is 6.54 Å². The second kappa shape index (κ2) is 7.90. The van der Waals surface area contributed by atoms with Crippen LogP contribution in [0.4, 0.5) is 11.5 Å². The van der Waals surface area contributed by atoms with Crippen molar-refractivity contribution in [2.24, 2.45) is 0 Å². The number of carbonyl (C=O) groups excluding carboxylic acids is 1. The van der Waals surface area contributed by atoms with Crippen molar-refractivity contribution in [2.45, 2.75) is 13.5 Å². The zero-order valence-electron chi connectivity index (χ0n) is 13.7. The topological polar surface area (TPSA) is 66.9 Å². The summed E-state index contributed by atoms with van der Waals surface area (Å²) in [6.07, 6.45) is 5.07. The van der Waals surface area contributed by atoms with Crippen molar-refractivity contribution in [2.75, 3.05) is 10.6 Å². The van der Waals surface area contributed by atoms with Gasteiger partial charge < -0.3 is 10.6 Å². The Morgan fingerprint density at radius 2 is 1.92 bits per heavy atom. The first-order chi connectivity index (χ1) is 12.1. The molecule has 0 aliphatic heterocycles. The third-order valence-electron chi connectivity index (χ3n) is 3.68. The van der Waals surface area contributed by atoms with E-state index in [0.29, 0.717) is 17.9 Å². The van der Waals surface area contributed by atoms with Gasteiger partial charge in [0.15, 0.2) is 0 Å². The summed E-state index contributed by atoms with van der Waals surface area (Å²) in [5.41, 5.74) is 3.47. The molecule has 2 heterocycles. The average molecular weight is 397 g/mol. The Hall–Kier alpha value is -2.73. The molecular weight excluding hydrogens is 380 g/mol. The molecular formula is C19H17BrN4O. The van der Waals surface area contributed by atoms with Gasteiger partial charge in [-0.2, -0.15) is 0 Å². The zero-order valence-corrected chi connectivity index (χ0v) is 15.2. The Morgan fingerprint density at radius 1 is 1.12 bits per heavy atom. The van der Waals surface area contributed by atoms with Gasteiger partial charge in [0.2, 0.25) is 0 Å². The van der Waals surface area contributed by atoms with E-state index < -0.39 is 0 Å². The highest BCUT2D eigenvalue weighted by molar-refractivity contribution is 9.10. The van der Waals surface area contributed by atoms with Crippen molar-refractivity contribution in [1.82, 2.24) is 9.97 Å². The van der Waals surface area contributed by atoms with Crippen LogP contribution in [0.3, 0.4) is 0 Å². The molecule has 0 radical (unpaired) electrons. The number of anilines is 2. The third-order valence-corrected chi connectivity index (χ3v) is 4.53. The van der Waals surface area contributed by atoms with Crippen LogP contribution in [-0.4, -0.2) is 15.9 Å². The quantitative estimate of drug-likeness (QED) is 0.669. The highest BCUT2D eigenvalue weighted by atomic mass is 79.9. The van der Waals surface area contributed by atoms with Gasteiger partial charge in [0.25, 0.3) is 5.91 Å².